The standard InChI is InChI=1S/C20H27N3O2/c1-21-20(22-15-17-9-11-18(12-10-17)16-24-3)23(2)13-14-25-19-7-5-4-6-8-19/h4-12H,13-16H2,1-3H3,(H,21,22). The van der Waals surface area contributed by atoms with Crippen molar-refractivity contribution < 1.29 is 9.47 Å². The Hall–Kier alpha value is -2.53. The van der Waals surface area contributed by atoms with E-state index in [2.05, 4.69) is 39.5 Å². The van der Waals surface area contributed by atoms with Gasteiger partial charge in [0.15, 0.2) is 5.96 Å². The lowest BCUT2D eigenvalue weighted by atomic mass is 10.1. The van der Waals surface area contributed by atoms with Gasteiger partial charge in [0, 0.05) is 27.7 Å². The summed E-state index contributed by atoms with van der Waals surface area (Å²) in [6, 6.07) is 18.2. The first kappa shape index (κ1) is 18.8. The minimum atomic E-state index is 0.604. The third kappa shape index (κ3) is 6.47. The fourth-order valence-corrected chi connectivity index (χ4v) is 2.41. The van der Waals surface area contributed by atoms with Crippen molar-refractivity contribution in [1.82, 2.24) is 10.2 Å². The number of ether oxygens (including phenoxy) is 2. The first-order valence-electron chi connectivity index (χ1n) is 8.39. The lowest BCUT2D eigenvalue weighted by Gasteiger charge is -2.22. The van der Waals surface area contributed by atoms with Crippen LogP contribution in [0.2, 0.25) is 0 Å². The van der Waals surface area contributed by atoms with Crippen LogP contribution in [0.25, 0.3) is 0 Å². The Balaban J connectivity index is 1.76. The first-order chi connectivity index (χ1) is 12.2. The molecule has 0 saturated heterocycles. The van der Waals surface area contributed by atoms with Gasteiger partial charge in [0.25, 0.3) is 0 Å². The molecule has 0 bridgehead atoms. The number of nitrogens with zero attached hydrogens (tertiary/aromatic N) is 2. The Kier molecular flexibility index (Phi) is 7.79. The molecule has 0 aliphatic heterocycles. The summed E-state index contributed by atoms with van der Waals surface area (Å²) in [5.74, 6) is 1.73. The smallest absolute Gasteiger partial charge is 0.193 e. The lowest BCUT2D eigenvalue weighted by Crippen LogP contribution is -2.40. The molecule has 2 aromatic rings. The van der Waals surface area contributed by atoms with Crippen molar-refractivity contribution in [3.63, 3.8) is 0 Å². The molecule has 0 radical (unpaired) electrons. The highest BCUT2D eigenvalue weighted by Gasteiger charge is 2.06. The molecule has 1 N–H and O–H groups in total. The molecule has 2 rings (SSSR count). The molecule has 0 aliphatic carbocycles. The van der Waals surface area contributed by atoms with Crippen LogP contribution < -0.4 is 10.1 Å². The van der Waals surface area contributed by atoms with Gasteiger partial charge in [0.05, 0.1) is 13.2 Å². The number of hydrogen-bond acceptors (Lipinski definition) is 3. The fraction of sp³-hybridized carbons (Fsp3) is 0.350. The normalized spacial score (nSPS) is 11.2. The highest BCUT2D eigenvalue weighted by atomic mass is 16.5. The van der Waals surface area contributed by atoms with E-state index in [1.54, 1.807) is 14.2 Å². The Bertz CT molecular complexity index is 642. The van der Waals surface area contributed by atoms with Crippen LogP contribution in [-0.2, 0) is 17.9 Å². The predicted octanol–water partition coefficient (Wildman–Crippen LogP) is 2.92. The van der Waals surface area contributed by atoms with Gasteiger partial charge >= 0.3 is 0 Å². The second-order valence-electron chi connectivity index (χ2n) is 5.73. The maximum Gasteiger partial charge on any atom is 0.193 e. The van der Waals surface area contributed by atoms with Crippen molar-refractivity contribution in [3.8, 4) is 5.75 Å². The van der Waals surface area contributed by atoms with Gasteiger partial charge in [0.1, 0.15) is 12.4 Å². The van der Waals surface area contributed by atoms with Crippen LogP contribution in [0.1, 0.15) is 11.1 Å². The van der Waals surface area contributed by atoms with Crippen molar-refractivity contribution in [2.75, 3.05) is 34.4 Å². The third-order valence-electron chi connectivity index (χ3n) is 3.80. The van der Waals surface area contributed by atoms with Gasteiger partial charge in [-0.15, -0.1) is 0 Å². The summed E-state index contributed by atoms with van der Waals surface area (Å²) < 4.78 is 10.9. The number of nitrogens with one attached hydrogen (secondary N) is 1. The molecular formula is C20H27N3O2. The summed E-state index contributed by atoms with van der Waals surface area (Å²) in [5, 5.41) is 3.37. The summed E-state index contributed by atoms with van der Waals surface area (Å²) >= 11 is 0. The largest absolute Gasteiger partial charge is 0.492 e. The molecule has 5 heteroatoms. The van der Waals surface area contributed by atoms with Crippen molar-refractivity contribution in [1.29, 1.82) is 0 Å². The topological polar surface area (TPSA) is 46.1 Å². The fourth-order valence-electron chi connectivity index (χ4n) is 2.41. The minimum Gasteiger partial charge on any atom is -0.492 e. The van der Waals surface area contributed by atoms with Gasteiger partial charge < -0.3 is 19.7 Å². The number of methoxy groups -OCH3 is 1. The highest BCUT2D eigenvalue weighted by molar-refractivity contribution is 5.79. The average molecular weight is 341 g/mol. The van der Waals surface area contributed by atoms with E-state index >= 15 is 0 Å². The van der Waals surface area contributed by atoms with E-state index < -0.39 is 0 Å². The minimum absolute atomic E-state index is 0.604. The van der Waals surface area contributed by atoms with Gasteiger partial charge in [-0.1, -0.05) is 42.5 Å². The van der Waals surface area contributed by atoms with E-state index in [4.69, 9.17) is 9.47 Å². The number of hydrogen-bond donors (Lipinski definition) is 1. The molecule has 25 heavy (non-hydrogen) atoms. The molecule has 0 amide bonds. The van der Waals surface area contributed by atoms with Crippen LogP contribution in [0.3, 0.4) is 0 Å². The summed E-state index contributed by atoms with van der Waals surface area (Å²) in [7, 11) is 5.50. The summed E-state index contributed by atoms with van der Waals surface area (Å²) in [6.45, 7) is 2.72. The molecule has 0 aliphatic rings. The number of benzene rings is 2. The zero-order chi connectivity index (χ0) is 17.9. The van der Waals surface area contributed by atoms with E-state index in [0.29, 0.717) is 13.2 Å². The van der Waals surface area contributed by atoms with E-state index in [1.165, 1.54) is 11.1 Å². The molecule has 5 nitrogen and oxygen atoms in total. The van der Waals surface area contributed by atoms with Gasteiger partial charge in [-0.05, 0) is 23.3 Å². The summed E-state index contributed by atoms with van der Waals surface area (Å²) in [6.07, 6.45) is 0. The molecule has 134 valence electrons. The average Bonchev–Trinajstić information content (AvgIpc) is 2.65. The Morgan fingerprint density at radius 3 is 2.36 bits per heavy atom. The molecule has 2 aromatic carbocycles. The van der Waals surface area contributed by atoms with E-state index in [0.717, 1.165) is 24.8 Å². The maximum absolute atomic E-state index is 5.73. The third-order valence-corrected chi connectivity index (χ3v) is 3.80. The maximum atomic E-state index is 5.73. The van der Waals surface area contributed by atoms with Gasteiger partial charge in [-0.2, -0.15) is 0 Å². The van der Waals surface area contributed by atoms with Crippen LogP contribution in [0.15, 0.2) is 59.6 Å². The second-order valence-corrected chi connectivity index (χ2v) is 5.73. The first-order valence-corrected chi connectivity index (χ1v) is 8.39. The van der Waals surface area contributed by atoms with Crippen molar-refractivity contribution in [2.24, 2.45) is 4.99 Å². The molecule has 0 spiro atoms. The monoisotopic (exact) mass is 341 g/mol. The molecule has 0 saturated carbocycles. The quantitative estimate of drug-likeness (QED) is 0.592. The second kappa shape index (κ2) is 10.4. The molecule has 0 fully saturated rings. The van der Waals surface area contributed by atoms with Crippen LogP contribution in [0.5, 0.6) is 5.75 Å². The van der Waals surface area contributed by atoms with Crippen molar-refractivity contribution in [3.05, 3.63) is 65.7 Å². The van der Waals surface area contributed by atoms with Gasteiger partial charge in [-0.3, -0.25) is 4.99 Å². The Morgan fingerprint density at radius 2 is 1.72 bits per heavy atom. The van der Waals surface area contributed by atoms with Crippen LogP contribution in [0, 0.1) is 0 Å². The summed E-state index contributed by atoms with van der Waals surface area (Å²) in [4.78, 5) is 6.39. The lowest BCUT2D eigenvalue weighted by molar-refractivity contribution is 0.185. The SMILES string of the molecule is CN=C(NCc1ccc(COC)cc1)N(C)CCOc1ccccc1. The van der Waals surface area contributed by atoms with Gasteiger partial charge in [-0.25, -0.2) is 0 Å². The zero-order valence-electron chi connectivity index (χ0n) is 15.2. The molecule has 0 atom stereocenters. The van der Waals surface area contributed by atoms with Gasteiger partial charge in [0.2, 0.25) is 0 Å². The number of aliphatic imine (C=N–C) groups is 1. The predicted molar refractivity (Wildman–Crippen MR) is 102 cm³/mol. The number of likely N-dealkylation sites (N-methyl/N-ethyl adjacent to an activating group) is 1. The number of rotatable bonds is 8. The Morgan fingerprint density at radius 1 is 1.04 bits per heavy atom. The van der Waals surface area contributed by atoms with E-state index in [9.17, 15) is 0 Å². The van der Waals surface area contributed by atoms with Crippen molar-refractivity contribution >= 4 is 5.96 Å². The molecule has 0 heterocycles. The van der Waals surface area contributed by atoms with E-state index in [1.807, 2.05) is 37.4 Å². The number of guanidine groups is 1. The molecular weight excluding hydrogens is 314 g/mol. The Labute approximate surface area is 150 Å². The summed E-state index contributed by atoms with van der Waals surface area (Å²) in [5.41, 5.74) is 2.38. The van der Waals surface area contributed by atoms with Crippen LogP contribution in [0.4, 0.5) is 0 Å². The number of para-hydroxylation sites is 1. The van der Waals surface area contributed by atoms with Crippen molar-refractivity contribution in [2.45, 2.75) is 13.2 Å². The van der Waals surface area contributed by atoms with E-state index in [-0.39, 0.29) is 0 Å². The highest BCUT2D eigenvalue weighted by Crippen LogP contribution is 2.08. The molecule has 0 aromatic heterocycles. The molecule has 0 unspecified atom stereocenters. The van der Waals surface area contributed by atoms with Crippen LogP contribution in [-0.4, -0.2) is 45.2 Å². The van der Waals surface area contributed by atoms with Crippen LogP contribution >= 0.6 is 0 Å². The zero-order valence-corrected chi connectivity index (χ0v) is 15.2.